The Hall–Kier alpha value is -2.70. The fourth-order valence-corrected chi connectivity index (χ4v) is 1.80. The lowest BCUT2D eigenvalue weighted by Crippen LogP contribution is -2.29. The maximum atomic E-state index is 11.9. The van der Waals surface area contributed by atoms with E-state index in [1.165, 1.54) is 6.39 Å². The molecule has 0 fully saturated rings. The van der Waals surface area contributed by atoms with Crippen LogP contribution < -0.4 is 5.32 Å². The third-order valence-corrected chi connectivity index (χ3v) is 2.89. The summed E-state index contributed by atoms with van der Waals surface area (Å²) in [5.74, 6) is -0.855. The van der Waals surface area contributed by atoms with Crippen molar-refractivity contribution in [2.24, 2.45) is 5.92 Å². The molecule has 1 unspecified atom stereocenters. The monoisotopic (exact) mass is 289 g/mol. The molecule has 7 heteroatoms. The Morgan fingerprint density at radius 2 is 2.05 bits per heavy atom. The quantitative estimate of drug-likeness (QED) is 0.836. The average molecular weight is 289 g/mol. The van der Waals surface area contributed by atoms with E-state index >= 15 is 0 Å². The molecule has 2 aromatic rings. The molecule has 1 heterocycles. The van der Waals surface area contributed by atoms with Gasteiger partial charge >= 0.3 is 5.97 Å². The Kier molecular flexibility index (Phi) is 4.65. The number of hydrogen-bond acceptors (Lipinski definition) is 5. The molecule has 0 saturated carbocycles. The Bertz CT molecular complexity index is 608. The average Bonchev–Trinajstić information content (AvgIpc) is 2.98. The van der Waals surface area contributed by atoms with Crippen LogP contribution in [0.25, 0.3) is 11.5 Å². The van der Waals surface area contributed by atoms with Gasteiger partial charge in [0.15, 0.2) is 0 Å². The van der Waals surface area contributed by atoms with Crippen LogP contribution in [0.15, 0.2) is 35.1 Å². The van der Waals surface area contributed by atoms with Crippen molar-refractivity contribution in [1.82, 2.24) is 15.5 Å². The van der Waals surface area contributed by atoms with Gasteiger partial charge in [0.1, 0.15) is 0 Å². The first kappa shape index (κ1) is 14.7. The van der Waals surface area contributed by atoms with E-state index in [1.54, 1.807) is 31.2 Å². The Balaban J connectivity index is 1.92. The molecule has 0 aliphatic rings. The summed E-state index contributed by atoms with van der Waals surface area (Å²) in [6, 6.07) is 6.72. The lowest BCUT2D eigenvalue weighted by Gasteiger charge is -2.10. The normalized spacial score (nSPS) is 11.9. The number of amides is 1. The predicted octanol–water partition coefficient (Wildman–Crippen LogP) is 1.58. The van der Waals surface area contributed by atoms with Gasteiger partial charge in [0, 0.05) is 24.1 Å². The summed E-state index contributed by atoms with van der Waals surface area (Å²) in [5, 5.41) is 18.7. The smallest absolute Gasteiger partial charge is 0.303 e. The van der Waals surface area contributed by atoms with Crippen molar-refractivity contribution in [3.8, 4) is 11.5 Å². The van der Waals surface area contributed by atoms with Crippen LogP contribution in [0.3, 0.4) is 0 Å². The van der Waals surface area contributed by atoms with Gasteiger partial charge in [-0.3, -0.25) is 9.59 Å². The van der Waals surface area contributed by atoms with Crippen LogP contribution in [0, 0.1) is 5.92 Å². The highest BCUT2D eigenvalue weighted by Gasteiger charge is 2.11. The van der Waals surface area contributed by atoms with Crippen LogP contribution in [0.1, 0.15) is 23.7 Å². The number of aromatic nitrogens is 2. The van der Waals surface area contributed by atoms with Crippen LogP contribution in [-0.4, -0.2) is 33.7 Å². The zero-order valence-corrected chi connectivity index (χ0v) is 11.4. The minimum atomic E-state index is -0.874. The Morgan fingerprint density at radius 1 is 1.33 bits per heavy atom. The molecule has 1 atom stereocenters. The molecule has 1 amide bonds. The second-order valence-electron chi connectivity index (χ2n) is 4.73. The fourth-order valence-electron chi connectivity index (χ4n) is 1.80. The number of aliphatic carboxylic acids is 1. The molecule has 2 N–H and O–H groups in total. The molecule has 0 spiro atoms. The number of hydrogen-bond donors (Lipinski definition) is 2. The number of rotatable bonds is 6. The van der Waals surface area contributed by atoms with Crippen LogP contribution in [-0.2, 0) is 4.79 Å². The van der Waals surface area contributed by atoms with Gasteiger partial charge in [-0.1, -0.05) is 6.92 Å². The highest BCUT2D eigenvalue weighted by atomic mass is 16.4. The van der Waals surface area contributed by atoms with Crippen LogP contribution in [0.2, 0.25) is 0 Å². The molecule has 0 aliphatic heterocycles. The third kappa shape index (κ3) is 4.13. The standard InChI is InChI=1S/C14H15N3O4/c1-9(6-12(18)19)7-15-13(20)10-2-4-11(5-3-10)14-17-16-8-21-14/h2-5,8-9H,6-7H2,1H3,(H,15,20)(H,18,19). The predicted molar refractivity (Wildman–Crippen MR) is 73.5 cm³/mol. The number of carbonyl (C=O) groups is 2. The van der Waals surface area contributed by atoms with Crippen molar-refractivity contribution < 1.29 is 19.1 Å². The first-order valence-electron chi connectivity index (χ1n) is 6.43. The zero-order chi connectivity index (χ0) is 15.2. The summed E-state index contributed by atoms with van der Waals surface area (Å²) in [5.41, 5.74) is 1.21. The Morgan fingerprint density at radius 3 is 2.62 bits per heavy atom. The van der Waals surface area contributed by atoms with Crippen molar-refractivity contribution >= 4 is 11.9 Å². The van der Waals surface area contributed by atoms with E-state index in [-0.39, 0.29) is 18.2 Å². The SMILES string of the molecule is CC(CNC(=O)c1ccc(-c2nnco2)cc1)CC(=O)O. The molecule has 21 heavy (non-hydrogen) atoms. The summed E-state index contributed by atoms with van der Waals surface area (Å²) >= 11 is 0. The zero-order valence-electron chi connectivity index (χ0n) is 11.4. The molecule has 2 rings (SSSR count). The van der Waals surface area contributed by atoms with E-state index in [1.807, 2.05) is 0 Å². The molecule has 110 valence electrons. The number of carboxylic acid groups (broad SMARTS) is 1. The van der Waals surface area contributed by atoms with Crippen LogP contribution >= 0.6 is 0 Å². The largest absolute Gasteiger partial charge is 0.481 e. The number of nitrogens with one attached hydrogen (secondary N) is 1. The molecular formula is C14H15N3O4. The lowest BCUT2D eigenvalue weighted by molar-refractivity contribution is -0.137. The van der Waals surface area contributed by atoms with Gasteiger partial charge < -0.3 is 14.8 Å². The molecule has 0 radical (unpaired) electrons. The number of carboxylic acids is 1. The topological polar surface area (TPSA) is 105 Å². The van der Waals surface area contributed by atoms with Gasteiger partial charge in [0.2, 0.25) is 12.3 Å². The maximum absolute atomic E-state index is 11.9. The van der Waals surface area contributed by atoms with E-state index in [0.717, 1.165) is 5.56 Å². The van der Waals surface area contributed by atoms with Crippen LogP contribution in [0.4, 0.5) is 0 Å². The Labute approximate surface area is 121 Å². The fraction of sp³-hybridized carbons (Fsp3) is 0.286. The minimum absolute atomic E-state index is 0.0242. The van der Waals surface area contributed by atoms with Crippen molar-refractivity contribution in [2.45, 2.75) is 13.3 Å². The highest BCUT2D eigenvalue weighted by molar-refractivity contribution is 5.94. The van der Waals surface area contributed by atoms with E-state index in [4.69, 9.17) is 9.52 Å². The van der Waals surface area contributed by atoms with E-state index in [0.29, 0.717) is 18.0 Å². The first-order chi connectivity index (χ1) is 10.1. The number of carbonyl (C=O) groups excluding carboxylic acids is 1. The second kappa shape index (κ2) is 6.65. The maximum Gasteiger partial charge on any atom is 0.303 e. The summed E-state index contributed by atoms with van der Waals surface area (Å²) in [4.78, 5) is 22.5. The van der Waals surface area contributed by atoms with Gasteiger partial charge in [0.25, 0.3) is 5.91 Å². The van der Waals surface area contributed by atoms with E-state index in [2.05, 4.69) is 15.5 Å². The highest BCUT2D eigenvalue weighted by Crippen LogP contribution is 2.16. The van der Waals surface area contributed by atoms with Crippen molar-refractivity contribution in [3.05, 3.63) is 36.2 Å². The van der Waals surface area contributed by atoms with E-state index in [9.17, 15) is 9.59 Å². The van der Waals surface area contributed by atoms with Crippen molar-refractivity contribution in [1.29, 1.82) is 0 Å². The van der Waals surface area contributed by atoms with Crippen molar-refractivity contribution in [3.63, 3.8) is 0 Å². The van der Waals surface area contributed by atoms with Gasteiger partial charge in [-0.05, 0) is 30.2 Å². The lowest BCUT2D eigenvalue weighted by atomic mass is 10.1. The second-order valence-corrected chi connectivity index (χ2v) is 4.73. The first-order valence-corrected chi connectivity index (χ1v) is 6.43. The van der Waals surface area contributed by atoms with Crippen LogP contribution in [0.5, 0.6) is 0 Å². The minimum Gasteiger partial charge on any atom is -0.481 e. The molecule has 1 aromatic heterocycles. The van der Waals surface area contributed by atoms with Crippen molar-refractivity contribution in [2.75, 3.05) is 6.54 Å². The van der Waals surface area contributed by atoms with E-state index < -0.39 is 5.97 Å². The third-order valence-electron chi connectivity index (χ3n) is 2.89. The molecule has 0 aliphatic carbocycles. The number of benzene rings is 1. The van der Waals surface area contributed by atoms with Gasteiger partial charge in [-0.25, -0.2) is 0 Å². The summed E-state index contributed by atoms with van der Waals surface area (Å²) in [6.07, 6.45) is 1.26. The molecule has 7 nitrogen and oxygen atoms in total. The molecule has 1 aromatic carbocycles. The summed E-state index contributed by atoms with van der Waals surface area (Å²) in [6.45, 7) is 2.09. The van der Waals surface area contributed by atoms with Gasteiger partial charge in [-0.2, -0.15) is 0 Å². The van der Waals surface area contributed by atoms with Gasteiger partial charge in [-0.15, -0.1) is 10.2 Å². The van der Waals surface area contributed by atoms with Gasteiger partial charge in [0.05, 0.1) is 0 Å². The molecule has 0 bridgehead atoms. The molecule has 0 saturated heterocycles. The summed E-state index contributed by atoms with van der Waals surface area (Å²) < 4.78 is 5.06. The number of nitrogens with zero attached hydrogens (tertiary/aromatic N) is 2. The molecular weight excluding hydrogens is 274 g/mol. The summed E-state index contributed by atoms with van der Waals surface area (Å²) in [7, 11) is 0.